The number of carbonyl (C=O) groups is 1. The number of rotatable bonds is 3. The molecular formula is C22H20ClFN2O. The number of halogens is 2. The van der Waals surface area contributed by atoms with Crippen molar-refractivity contribution in [2.45, 2.75) is 19.3 Å². The van der Waals surface area contributed by atoms with Crippen LogP contribution in [0.25, 0.3) is 10.8 Å². The summed E-state index contributed by atoms with van der Waals surface area (Å²) in [5.74, 6) is -0.594. The molecule has 1 N–H and O–H groups in total. The highest BCUT2D eigenvalue weighted by molar-refractivity contribution is 6.36. The average Bonchev–Trinajstić information content (AvgIpc) is 2.69. The van der Waals surface area contributed by atoms with E-state index < -0.39 is 0 Å². The van der Waals surface area contributed by atoms with Crippen LogP contribution in [0.5, 0.6) is 0 Å². The van der Waals surface area contributed by atoms with Crippen LogP contribution in [-0.2, 0) is 0 Å². The number of nitrogens with zero attached hydrogens (tertiary/aromatic N) is 1. The van der Waals surface area contributed by atoms with Gasteiger partial charge in [0.1, 0.15) is 5.82 Å². The summed E-state index contributed by atoms with van der Waals surface area (Å²) in [6.07, 6.45) is 3.37. The molecule has 138 valence electrons. The monoisotopic (exact) mass is 382 g/mol. The van der Waals surface area contributed by atoms with Gasteiger partial charge in [-0.1, -0.05) is 35.9 Å². The van der Waals surface area contributed by atoms with E-state index in [-0.39, 0.29) is 11.7 Å². The summed E-state index contributed by atoms with van der Waals surface area (Å²) in [4.78, 5) is 14.8. The molecule has 1 heterocycles. The Morgan fingerprint density at radius 3 is 2.48 bits per heavy atom. The maximum Gasteiger partial charge on any atom is 0.256 e. The first kappa shape index (κ1) is 17.8. The van der Waals surface area contributed by atoms with E-state index in [2.05, 4.69) is 10.2 Å². The molecule has 0 spiro atoms. The fourth-order valence-corrected chi connectivity index (χ4v) is 3.88. The number of amides is 1. The minimum atomic E-state index is -0.310. The normalized spacial score (nSPS) is 14.4. The molecule has 1 aliphatic rings. The second-order valence-corrected chi connectivity index (χ2v) is 7.22. The summed E-state index contributed by atoms with van der Waals surface area (Å²) in [6.45, 7) is 1.75. The van der Waals surface area contributed by atoms with Crippen LogP contribution in [0.1, 0.15) is 29.6 Å². The van der Waals surface area contributed by atoms with E-state index in [1.165, 1.54) is 12.5 Å². The van der Waals surface area contributed by atoms with Gasteiger partial charge in [-0.25, -0.2) is 4.39 Å². The van der Waals surface area contributed by atoms with Crippen molar-refractivity contribution in [3.05, 3.63) is 71.0 Å². The van der Waals surface area contributed by atoms with Crippen LogP contribution in [0, 0.1) is 5.82 Å². The van der Waals surface area contributed by atoms with E-state index in [9.17, 15) is 9.18 Å². The Bertz CT molecular complexity index is 999. The molecule has 5 heteroatoms. The van der Waals surface area contributed by atoms with Crippen molar-refractivity contribution in [2.24, 2.45) is 0 Å². The molecule has 4 rings (SSSR count). The van der Waals surface area contributed by atoms with E-state index >= 15 is 0 Å². The second kappa shape index (κ2) is 7.57. The Labute approximate surface area is 162 Å². The van der Waals surface area contributed by atoms with Crippen LogP contribution in [0.3, 0.4) is 0 Å². The molecule has 0 aliphatic carbocycles. The predicted molar refractivity (Wildman–Crippen MR) is 109 cm³/mol. The molecule has 0 bridgehead atoms. The van der Waals surface area contributed by atoms with E-state index in [0.29, 0.717) is 22.0 Å². The number of anilines is 2. The van der Waals surface area contributed by atoms with Crippen LogP contribution in [0.2, 0.25) is 5.02 Å². The van der Waals surface area contributed by atoms with E-state index in [1.807, 2.05) is 18.2 Å². The molecule has 0 atom stereocenters. The summed E-state index contributed by atoms with van der Waals surface area (Å²) in [7, 11) is 0. The maximum absolute atomic E-state index is 14.6. The summed E-state index contributed by atoms with van der Waals surface area (Å²) in [5.41, 5.74) is 1.55. The van der Waals surface area contributed by atoms with Gasteiger partial charge >= 0.3 is 0 Å². The molecule has 0 unspecified atom stereocenters. The molecule has 3 nitrogen and oxygen atoms in total. The topological polar surface area (TPSA) is 32.3 Å². The van der Waals surface area contributed by atoms with Crippen LogP contribution >= 0.6 is 11.6 Å². The molecular weight excluding hydrogens is 363 g/mol. The number of fused-ring (bicyclic) bond motifs is 1. The Morgan fingerprint density at radius 2 is 1.70 bits per heavy atom. The molecule has 1 aliphatic heterocycles. The lowest BCUT2D eigenvalue weighted by Crippen LogP contribution is -2.30. The van der Waals surface area contributed by atoms with Crippen molar-refractivity contribution in [3.63, 3.8) is 0 Å². The first-order valence-electron chi connectivity index (χ1n) is 9.16. The van der Waals surface area contributed by atoms with Crippen LogP contribution < -0.4 is 10.2 Å². The molecule has 1 amide bonds. The lowest BCUT2D eigenvalue weighted by atomic mass is 10.0. The maximum atomic E-state index is 14.6. The third-order valence-electron chi connectivity index (χ3n) is 5.02. The molecule has 1 saturated heterocycles. The predicted octanol–water partition coefficient (Wildman–Crippen LogP) is 5.87. The summed E-state index contributed by atoms with van der Waals surface area (Å²) in [6, 6.07) is 15.8. The number of nitrogens with one attached hydrogen (secondary N) is 1. The zero-order valence-corrected chi connectivity index (χ0v) is 15.6. The van der Waals surface area contributed by atoms with Crippen molar-refractivity contribution in [3.8, 4) is 0 Å². The standard InChI is InChI=1S/C22H20ClFN2O/c23-19-9-5-6-16-17(19)7-4-8-18(16)22(27)25-15-10-11-21(20(24)14-15)26-12-2-1-3-13-26/h4-11,14H,1-3,12-13H2,(H,25,27). The SMILES string of the molecule is O=C(Nc1ccc(N2CCCCC2)c(F)c1)c1cccc2c(Cl)cccc12. The lowest BCUT2D eigenvalue weighted by Gasteiger charge is -2.29. The van der Waals surface area contributed by atoms with E-state index in [1.54, 1.807) is 30.3 Å². The van der Waals surface area contributed by atoms with Gasteiger partial charge in [-0.15, -0.1) is 0 Å². The van der Waals surface area contributed by atoms with Crippen molar-refractivity contribution in [1.29, 1.82) is 0 Å². The third-order valence-corrected chi connectivity index (χ3v) is 5.35. The molecule has 0 saturated carbocycles. The van der Waals surface area contributed by atoms with Gasteiger partial charge in [-0.3, -0.25) is 4.79 Å². The Balaban J connectivity index is 1.58. The number of piperidine rings is 1. The van der Waals surface area contributed by atoms with Crippen LogP contribution in [0.4, 0.5) is 15.8 Å². The summed E-state index contributed by atoms with van der Waals surface area (Å²) in [5, 5.41) is 4.99. The lowest BCUT2D eigenvalue weighted by molar-refractivity contribution is 0.102. The fraction of sp³-hybridized carbons (Fsp3) is 0.227. The molecule has 0 radical (unpaired) electrons. The van der Waals surface area contributed by atoms with Gasteiger partial charge in [-0.05, 0) is 55.0 Å². The van der Waals surface area contributed by atoms with Gasteiger partial charge in [0.25, 0.3) is 5.91 Å². The molecule has 3 aromatic carbocycles. The zero-order chi connectivity index (χ0) is 18.8. The van der Waals surface area contributed by atoms with Gasteiger partial charge in [0.2, 0.25) is 0 Å². The Morgan fingerprint density at radius 1 is 0.963 bits per heavy atom. The van der Waals surface area contributed by atoms with Crippen molar-refractivity contribution in [1.82, 2.24) is 0 Å². The minimum absolute atomic E-state index is 0.284. The highest BCUT2D eigenvalue weighted by atomic mass is 35.5. The highest BCUT2D eigenvalue weighted by Crippen LogP contribution is 2.28. The zero-order valence-electron chi connectivity index (χ0n) is 14.8. The van der Waals surface area contributed by atoms with Crippen molar-refractivity contribution < 1.29 is 9.18 Å². The first-order valence-corrected chi connectivity index (χ1v) is 9.54. The van der Waals surface area contributed by atoms with Crippen LogP contribution in [-0.4, -0.2) is 19.0 Å². The summed E-state index contributed by atoms with van der Waals surface area (Å²) < 4.78 is 14.6. The molecule has 27 heavy (non-hydrogen) atoms. The van der Waals surface area contributed by atoms with Gasteiger partial charge in [0, 0.05) is 34.7 Å². The number of benzene rings is 3. The molecule has 0 aromatic heterocycles. The fourth-order valence-electron chi connectivity index (χ4n) is 3.64. The third kappa shape index (κ3) is 3.62. The van der Waals surface area contributed by atoms with E-state index in [0.717, 1.165) is 36.7 Å². The first-order chi connectivity index (χ1) is 13.1. The minimum Gasteiger partial charge on any atom is -0.369 e. The van der Waals surface area contributed by atoms with Gasteiger partial charge in [-0.2, -0.15) is 0 Å². The number of carbonyl (C=O) groups excluding carboxylic acids is 1. The smallest absolute Gasteiger partial charge is 0.256 e. The second-order valence-electron chi connectivity index (χ2n) is 6.81. The highest BCUT2D eigenvalue weighted by Gasteiger charge is 2.16. The van der Waals surface area contributed by atoms with Gasteiger partial charge < -0.3 is 10.2 Å². The Kier molecular flexibility index (Phi) is 4.99. The largest absolute Gasteiger partial charge is 0.369 e. The van der Waals surface area contributed by atoms with Gasteiger partial charge in [0.05, 0.1) is 5.69 Å². The van der Waals surface area contributed by atoms with Gasteiger partial charge in [0.15, 0.2) is 0 Å². The molecule has 3 aromatic rings. The van der Waals surface area contributed by atoms with E-state index in [4.69, 9.17) is 11.6 Å². The van der Waals surface area contributed by atoms with Crippen LogP contribution in [0.15, 0.2) is 54.6 Å². The quantitative estimate of drug-likeness (QED) is 0.613. The van der Waals surface area contributed by atoms with Crippen molar-refractivity contribution in [2.75, 3.05) is 23.3 Å². The van der Waals surface area contributed by atoms with Crippen molar-refractivity contribution >= 4 is 39.7 Å². The average molecular weight is 383 g/mol. The number of hydrogen-bond donors (Lipinski definition) is 1. The number of hydrogen-bond acceptors (Lipinski definition) is 2. The molecule has 1 fully saturated rings. The Hall–Kier alpha value is -2.59. The summed E-state index contributed by atoms with van der Waals surface area (Å²) >= 11 is 6.22.